The number of carbonyl (C=O) groups is 1. The first kappa shape index (κ1) is 18.0. The Morgan fingerprint density at radius 1 is 1.18 bits per heavy atom. The van der Waals surface area contributed by atoms with Crippen LogP contribution in [0.2, 0.25) is 0 Å². The lowest BCUT2D eigenvalue weighted by atomic mass is 10.1. The quantitative estimate of drug-likeness (QED) is 0.643. The highest BCUT2D eigenvalue weighted by Crippen LogP contribution is 2.32. The van der Waals surface area contributed by atoms with Crippen LogP contribution in [0.3, 0.4) is 0 Å². The second-order valence-corrected chi connectivity index (χ2v) is 7.02. The van der Waals surface area contributed by atoms with E-state index in [0.717, 1.165) is 21.9 Å². The number of hydrogen-bond donors (Lipinski definition) is 1. The molecule has 142 valence electrons. The van der Waals surface area contributed by atoms with Crippen LogP contribution in [0.4, 0.5) is 5.13 Å². The molecule has 0 saturated heterocycles. The van der Waals surface area contributed by atoms with Crippen molar-refractivity contribution in [1.29, 1.82) is 0 Å². The number of fused-ring (bicyclic) bond motifs is 1. The Labute approximate surface area is 165 Å². The standard InChI is InChI=1S/C20H17N3O4S/c1-25-15-6-2-14(3-7-15)11-19-22-23-20(28-19)21-18(24)9-5-13-4-8-16-17(10-13)27-12-26-16/h2-10H,11-12H2,1H3,(H,21,23,24)/b9-5+. The van der Waals surface area contributed by atoms with Crippen molar-refractivity contribution in [3.63, 3.8) is 0 Å². The summed E-state index contributed by atoms with van der Waals surface area (Å²) in [5, 5.41) is 12.2. The van der Waals surface area contributed by atoms with E-state index in [-0.39, 0.29) is 12.7 Å². The molecule has 0 unspecified atom stereocenters. The van der Waals surface area contributed by atoms with E-state index in [0.29, 0.717) is 23.1 Å². The van der Waals surface area contributed by atoms with Crippen molar-refractivity contribution in [2.45, 2.75) is 6.42 Å². The monoisotopic (exact) mass is 395 g/mol. The van der Waals surface area contributed by atoms with E-state index in [1.807, 2.05) is 42.5 Å². The van der Waals surface area contributed by atoms with Crippen LogP contribution in [0.15, 0.2) is 48.5 Å². The SMILES string of the molecule is COc1ccc(Cc2nnc(NC(=O)/C=C/c3ccc4c(c3)OCO4)s2)cc1. The predicted molar refractivity (Wildman–Crippen MR) is 106 cm³/mol. The van der Waals surface area contributed by atoms with Gasteiger partial charge in [-0.05, 0) is 41.5 Å². The molecule has 2 heterocycles. The highest BCUT2D eigenvalue weighted by molar-refractivity contribution is 7.15. The second kappa shape index (κ2) is 8.10. The average Bonchev–Trinajstić information content (AvgIpc) is 3.36. The Kier molecular flexibility index (Phi) is 5.20. The van der Waals surface area contributed by atoms with E-state index < -0.39 is 0 Å². The lowest BCUT2D eigenvalue weighted by Gasteiger charge is -2.00. The number of aromatic nitrogens is 2. The molecule has 8 heteroatoms. The van der Waals surface area contributed by atoms with Gasteiger partial charge in [-0.2, -0.15) is 0 Å². The van der Waals surface area contributed by atoms with Crippen molar-refractivity contribution in [3.8, 4) is 17.2 Å². The lowest BCUT2D eigenvalue weighted by molar-refractivity contribution is -0.111. The largest absolute Gasteiger partial charge is 0.497 e. The number of rotatable bonds is 6. The molecular weight excluding hydrogens is 378 g/mol. The molecule has 1 aliphatic heterocycles. The van der Waals surface area contributed by atoms with Crippen molar-refractivity contribution >= 4 is 28.5 Å². The summed E-state index contributed by atoms with van der Waals surface area (Å²) in [6.07, 6.45) is 3.79. The summed E-state index contributed by atoms with van der Waals surface area (Å²) in [6.45, 7) is 0.221. The van der Waals surface area contributed by atoms with Crippen molar-refractivity contribution in [1.82, 2.24) is 10.2 Å². The molecule has 0 radical (unpaired) electrons. The van der Waals surface area contributed by atoms with Crippen molar-refractivity contribution in [2.24, 2.45) is 0 Å². The first-order valence-electron chi connectivity index (χ1n) is 8.53. The van der Waals surface area contributed by atoms with Gasteiger partial charge in [-0.25, -0.2) is 0 Å². The Bertz CT molecular complexity index is 1010. The van der Waals surface area contributed by atoms with Gasteiger partial charge in [0.2, 0.25) is 17.8 Å². The molecule has 0 spiro atoms. The van der Waals surface area contributed by atoms with Crippen LogP contribution in [0.25, 0.3) is 6.08 Å². The third kappa shape index (κ3) is 4.29. The van der Waals surface area contributed by atoms with Crippen LogP contribution in [0.1, 0.15) is 16.1 Å². The number of amides is 1. The van der Waals surface area contributed by atoms with E-state index in [2.05, 4.69) is 15.5 Å². The van der Waals surface area contributed by atoms with Crippen molar-refractivity contribution in [3.05, 3.63) is 64.7 Å². The average molecular weight is 395 g/mol. The lowest BCUT2D eigenvalue weighted by Crippen LogP contribution is -2.07. The Morgan fingerprint density at radius 2 is 2.00 bits per heavy atom. The second-order valence-electron chi connectivity index (χ2n) is 5.96. The smallest absolute Gasteiger partial charge is 0.250 e. The fraction of sp³-hybridized carbons (Fsp3) is 0.150. The van der Waals surface area contributed by atoms with Crippen molar-refractivity contribution in [2.75, 3.05) is 19.2 Å². The van der Waals surface area contributed by atoms with Gasteiger partial charge in [-0.15, -0.1) is 10.2 Å². The predicted octanol–water partition coefficient (Wildman–Crippen LogP) is 3.52. The third-order valence-electron chi connectivity index (χ3n) is 4.04. The highest BCUT2D eigenvalue weighted by Gasteiger charge is 2.12. The molecule has 3 aromatic rings. The van der Waals surface area contributed by atoms with Gasteiger partial charge in [0.1, 0.15) is 10.8 Å². The van der Waals surface area contributed by atoms with Gasteiger partial charge < -0.3 is 14.2 Å². The minimum Gasteiger partial charge on any atom is -0.497 e. The van der Waals surface area contributed by atoms with E-state index in [1.54, 1.807) is 13.2 Å². The number of nitrogens with zero attached hydrogens (tertiary/aromatic N) is 2. The Hall–Kier alpha value is -3.39. The number of methoxy groups -OCH3 is 1. The van der Waals surface area contributed by atoms with Gasteiger partial charge in [-0.1, -0.05) is 29.5 Å². The zero-order valence-electron chi connectivity index (χ0n) is 15.0. The number of nitrogens with one attached hydrogen (secondary N) is 1. The van der Waals surface area contributed by atoms with Gasteiger partial charge in [0, 0.05) is 12.5 Å². The van der Waals surface area contributed by atoms with Gasteiger partial charge in [-0.3, -0.25) is 10.1 Å². The summed E-state index contributed by atoms with van der Waals surface area (Å²) in [5.74, 6) is 1.92. The van der Waals surface area contributed by atoms with E-state index in [4.69, 9.17) is 14.2 Å². The summed E-state index contributed by atoms with van der Waals surface area (Å²) in [5.41, 5.74) is 1.94. The van der Waals surface area contributed by atoms with Crippen LogP contribution >= 0.6 is 11.3 Å². The molecule has 4 rings (SSSR count). The fourth-order valence-corrected chi connectivity index (χ4v) is 3.41. The Morgan fingerprint density at radius 3 is 2.82 bits per heavy atom. The summed E-state index contributed by atoms with van der Waals surface area (Å²) in [4.78, 5) is 12.1. The van der Waals surface area contributed by atoms with Crippen LogP contribution in [-0.2, 0) is 11.2 Å². The van der Waals surface area contributed by atoms with E-state index >= 15 is 0 Å². The molecule has 7 nitrogen and oxygen atoms in total. The third-order valence-corrected chi connectivity index (χ3v) is 4.87. The summed E-state index contributed by atoms with van der Waals surface area (Å²) < 4.78 is 15.7. The molecule has 0 atom stereocenters. The number of carbonyl (C=O) groups excluding carboxylic acids is 1. The maximum atomic E-state index is 12.1. The number of hydrogen-bond acceptors (Lipinski definition) is 7. The molecule has 0 saturated carbocycles. The summed E-state index contributed by atoms with van der Waals surface area (Å²) in [7, 11) is 1.63. The molecule has 1 N–H and O–H groups in total. The molecular formula is C20H17N3O4S. The molecule has 1 aromatic heterocycles. The summed E-state index contributed by atoms with van der Waals surface area (Å²) >= 11 is 1.35. The molecule has 1 amide bonds. The topological polar surface area (TPSA) is 82.6 Å². The molecule has 28 heavy (non-hydrogen) atoms. The van der Waals surface area contributed by atoms with Crippen LogP contribution < -0.4 is 19.5 Å². The van der Waals surface area contributed by atoms with Crippen LogP contribution in [0.5, 0.6) is 17.2 Å². The van der Waals surface area contributed by atoms with E-state index in [9.17, 15) is 4.79 Å². The molecule has 1 aliphatic rings. The first-order valence-corrected chi connectivity index (χ1v) is 9.35. The van der Waals surface area contributed by atoms with Gasteiger partial charge in [0.15, 0.2) is 11.5 Å². The number of anilines is 1. The van der Waals surface area contributed by atoms with Crippen LogP contribution in [-0.4, -0.2) is 30.0 Å². The van der Waals surface area contributed by atoms with Crippen molar-refractivity contribution < 1.29 is 19.0 Å². The normalized spacial score (nSPS) is 12.3. The van der Waals surface area contributed by atoms with Gasteiger partial charge >= 0.3 is 0 Å². The Balaban J connectivity index is 1.34. The number of benzene rings is 2. The first-order chi connectivity index (χ1) is 13.7. The highest BCUT2D eigenvalue weighted by atomic mass is 32.1. The fourth-order valence-electron chi connectivity index (χ4n) is 2.63. The van der Waals surface area contributed by atoms with Crippen LogP contribution in [0, 0.1) is 0 Å². The zero-order chi connectivity index (χ0) is 19.3. The van der Waals surface area contributed by atoms with Gasteiger partial charge in [0.05, 0.1) is 7.11 Å². The zero-order valence-corrected chi connectivity index (χ0v) is 15.9. The number of ether oxygens (including phenoxy) is 3. The molecule has 2 aromatic carbocycles. The maximum absolute atomic E-state index is 12.1. The maximum Gasteiger partial charge on any atom is 0.250 e. The molecule has 0 aliphatic carbocycles. The minimum atomic E-state index is -0.273. The van der Waals surface area contributed by atoms with E-state index in [1.165, 1.54) is 17.4 Å². The van der Waals surface area contributed by atoms with Gasteiger partial charge in [0.25, 0.3) is 0 Å². The minimum absolute atomic E-state index is 0.221. The summed E-state index contributed by atoms with van der Waals surface area (Å²) in [6, 6.07) is 13.3. The molecule has 0 fully saturated rings. The molecule has 0 bridgehead atoms.